The molecule has 4 rings (SSSR count). The minimum absolute atomic E-state index is 0. The van der Waals surface area contributed by atoms with Gasteiger partial charge in [0.15, 0.2) is 11.3 Å². The summed E-state index contributed by atoms with van der Waals surface area (Å²) in [6.45, 7) is 5.27. The fourth-order valence-corrected chi connectivity index (χ4v) is 3.59. The zero-order valence-electron chi connectivity index (χ0n) is 15.4. The van der Waals surface area contributed by atoms with Crippen molar-refractivity contribution in [3.8, 4) is 11.5 Å². The van der Waals surface area contributed by atoms with Crippen molar-refractivity contribution in [1.82, 2.24) is 9.80 Å². The van der Waals surface area contributed by atoms with Crippen molar-refractivity contribution in [1.29, 1.82) is 0 Å². The monoisotopic (exact) mass is 402 g/mol. The van der Waals surface area contributed by atoms with Gasteiger partial charge in [-0.25, -0.2) is 4.79 Å². The summed E-state index contributed by atoms with van der Waals surface area (Å²) in [4.78, 5) is 16.6. The third kappa shape index (κ3) is 4.30. The maximum absolute atomic E-state index is 11.9. The molecule has 2 aromatic carbocycles. The Hall–Kier alpha value is -2.54. The van der Waals surface area contributed by atoms with Gasteiger partial charge in [-0.2, -0.15) is 0 Å². The topological polar surface area (TPSA) is 77.2 Å². The fourth-order valence-electron chi connectivity index (χ4n) is 3.59. The molecule has 28 heavy (non-hydrogen) atoms. The van der Waals surface area contributed by atoms with Gasteiger partial charge in [0, 0.05) is 50.7 Å². The van der Waals surface area contributed by atoms with Gasteiger partial charge in [0.1, 0.15) is 0 Å². The smallest absolute Gasteiger partial charge is 0.336 e. The van der Waals surface area contributed by atoms with E-state index < -0.39 is 5.63 Å². The van der Waals surface area contributed by atoms with E-state index in [1.165, 1.54) is 17.7 Å². The average Bonchev–Trinajstić information content (AvgIpc) is 2.67. The number of hydrogen-bond acceptors (Lipinski definition) is 6. The first-order valence-corrected chi connectivity index (χ1v) is 9.06. The molecule has 0 saturated carbocycles. The Morgan fingerprint density at radius 3 is 2.21 bits per heavy atom. The number of nitrogens with zero attached hydrogens (tertiary/aromatic N) is 2. The number of piperazine rings is 1. The minimum Gasteiger partial charge on any atom is -0.504 e. The van der Waals surface area contributed by atoms with Gasteiger partial charge >= 0.3 is 5.63 Å². The Labute approximate surface area is 169 Å². The maximum Gasteiger partial charge on any atom is 0.336 e. The number of phenols is 2. The lowest BCUT2D eigenvalue weighted by Gasteiger charge is -2.34. The second-order valence-electron chi connectivity index (χ2n) is 6.94. The summed E-state index contributed by atoms with van der Waals surface area (Å²) in [5.74, 6) is -0.684. The Bertz CT molecular complexity index is 998. The van der Waals surface area contributed by atoms with E-state index in [-0.39, 0.29) is 29.5 Å². The molecule has 0 spiro atoms. The highest BCUT2D eigenvalue weighted by Crippen LogP contribution is 2.34. The highest BCUT2D eigenvalue weighted by Gasteiger charge is 2.19. The lowest BCUT2D eigenvalue weighted by Crippen LogP contribution is -2.45. The zero-order chi connectivity index (χ0) is 18.8. The largest absolute Gasteiger partial charge is 0.504 e. The molecule has 0 unspecified atom stereocenters. The SMILES string of the molecule is Cl.O=c1cc(CN2CCN(Cc3ccccc3)CC2)c2ccc(O)c(O)c2o1. The van der Waals surface area contributed by atoms with E-state index in [9.17, 15) is 15.0 Å². The fraction of sp³-hybridized carbons (Fsp3) is 0.286. The van der Waals surface area contributed by atoms with Crippen molar-refractivity contribution >= 4 is 23.4 Å². The maximum atomic E-state index is 11.9. The number of phenolic OH excluding ortho intramolecular Hbond substituents is 2. The Morgan fingerprint density at radius 2 is 1.54 bits per heavy atom. The molecular formula is C21H23ClN2O4. The summed E-state index contributed by atoms with van der Waals surface area (Å²) in [5.41, 5.74) is 1.63. The number of hydrogen-bond donors (Lipinski definition) is 2. The summed E-state index contributed by atoms with van der Waals surface area (Å²) in [5, 5.41) is 20.3. The van der Waals surface area contributed by atoms with Crippen LogP contribution in [0.1, 0.15) is 11.1 Å². The molecule has 148 valence electrons. The standard InChI is InChI=1S/C21H22N2O4.ClH/c24-18-7-6-17-16(12-19(25)27-21(17)20(18)26)14-23-10-8-22(9-11-23)13-15-4-2-1-3-5-15;/h1-7,12,24,26H,8-11,13-14H2;1H. The van der Waals surface area contributed by atoms with E-state index in [0.717, 1.165) is 38.3 Å². The molecule has 0 radical (unpaired) electrons. The van der Waals surface area contributed by atoms with Crippen LogP contribution in [0, 0.1) is 0 Å². The molecule has 0 atom stereocenters. The van der Waals surface area contributed by atoms with Crippen molar-refractivity contribution in [2.45, 2.75) is 13.1 Å². The lowest BCUT2D eigenvalue weighted by atomic mass is 10.1. The van der Waals surface area contributed by atoms with Gasteiger partial charge in [0.25, 0.3) is 0 Å². The normalized spacial score (nSPS) is 15.4. The molecule has 0 aliphatic carbocycles. The van der Waals surface area contributed by atoms with Gasteiger partial charge in [-0.3, -0.25) is 9.80 Å². The molecule has 1 aromatic heterocycles. The van der Waals surface area contributed by atoms with E-state index >= 15 is 0 Å². The number of aromatic hydroxyl groups is 2. The van der Waals surface area contributed by atoms with Gasteiger partial charge in [-0.05, 0) is 23.3 Å². The van der Waals surface area contributed by atoms with Gasteiger partial charge in [0.05, 0.1) is 0 Å². The van der Waals surface area contributed by atoms with E-state index in [0.29, 0.717) is 11.9 Å². The van der Waals surface area contributed by atoms with Crippen LogP contribution in [0.15, 0.2) is 57.7 Å². The molecule has 1 aliphatic rings. The van der Waals surface area contributed by atoms with E-state index in [1.807, 2.05) is 6.07 Å². The highest BCUT2D eigenvalue weighted by atomic mass is 35.5. The van der Waals surface area contributed by atoms with Crippen LogP contribution >= 0.6 is 12.4 Å². The Balaban J connectivity index is 0.00000225. The second-order valence-corrected chi connectivity index (χ2v) is 6.94. The predicted molar refractivity (Wildman–Crippen MR) is 110 cm³/mol. The Kier molecular flexibility index (Phi) is 6.24. The summed E-state index contributed by atoms with van der Waals surface area (Å²) in [6.07, 6.45) is 0. The lowest BCUT2D eigenvalue weighted by molar-refractivity contribution is 0.122. The van der Waals surface area contributed by atoms with Crippen LogP contribution in [-0.4, -0.2) is 46.2 Å². The molecular weight excluding hydrogens is 380 g/mol. The second kappa shape index (κ2) is 8.65. The molecule has 0 amide bonds. The quantitative estimate of drug-likeness (QED) is 0.516. The molecule has 1 aliphatic heterocycles. The van der Waals surface area contributed by atoms with E-state index in [4.69, 9.17) is 4.42 Å². The van der Waals surface area contributed by atoms with Crippen molar-refractivity contribution in [2.24, 2.45) is 0 Å². The van der Waals surface area contributed by atoms with Crippen LogP contribution in [0.4, 0.5) is 0 Å². The van der Waals surface area contributed by atoms with Crippen molar-refractivity contribution in [3.05, 3.63) is 70.1 Å². The summed E-state index contributed by atoms with van der Waals surface area (Å²) in [7, 11) is 0. The van der Waals surface area contributed by atoms with Crippen molar-refractivity contribution in [3.63, 3.8) is 0 Å². The number of halogens is 1. The third-order valence-electron chi connectivity index (χ3n) is 5.06. The minimum atomic E-state index is -0.527. The molecule has 2 N–H and O–H groups in total. The van der Waals surface area contributed by atoms with Gasteiger partial charge in [-0.15, -0.1) is 12.4 Å². The van der Waals surface area contributed by atoms with Crippen molar-refractivity contribution in [2.75, 3.05) is 26.2 Å². The summed E-state index contributed by atoms with van der Waals surface area (Å²) in [6, 6.07) is 15.0. The van der Waals surface area contributed by atoms with Crippen molar-refractivity contribution < 1.29 is 14.6 Å². The first-order valence-electron chi connectivity index (χ1n) is 9.06. The molecule has 0 bridgehead atoms. The number of fused-ring (bicyclic) bond motifs is 1. The summed E-state index contributed by atoms with van der Waals surface area (Å²) >= 11 is 0. The van der Waals surface area contributed by atoms with Crippen LogP contribution in [-0.2, 0) is 13.1 Å². The van der Waals surface area contributed by atoms with Crippen LogP contribution in [0.2, 0.25) is 0 Å². The first-order chi connectivity index (χ1) is 13.1. The molecule has 6 nitrogen and oxygen atoms in total. The van der Waals surface area contributed by atoms with Crippen LogP contribution in [0.3, 0.4) is 0 Å². The van der Waals surface area contributed by atoms with Gasteiger partial charge in [-0.1, -0.05) is 30.3 Å². The molecule has 7 heteroatoms. The third-order valence-corrected chi connectivity index (χ3v) is 5.06. The van der Waals surface area contributed by atoms with Crippen LogP contribution in [0.25, 0.3) is 11.0 Å². The number of rotatable bonds is 4. The van der Waals surface area contributed by atoms with Gasteiger partial charge < -0.3 is 14.6 Å². The van der Waals surface area contributed by atoms with Crippen LogP contribution < -0.4 is 5.63 Å². The zero-order valence-corrected chi connectivity index (χ0v) is 16.2. The molecule has 1 saturated heterocycles. The number of benzene rings is 2. The predicted octanol–water partition coefficient (Wildman–Crippen LogP) is 2.94. The van der Waals surface area contributed by atoms with E-state index in [2.05, 4.69) is 34.1 Å². The highest BCUT2D eigenvalue weighted by molar-refractivity contribution is 5.87. The molecule has 1 fully saturated rings. The molecule has 3 aromatic rings. The average molecular weight is 403 g/mol. The summed E-state index contributed by atoms with van der Waals surface area (Å²) < 4.78 is 5.09. The van der Waals surface area contributed by atoms with Crippen LogP contribution in [0.5, 0.6) is 11.5 Å². The van der Waals surface area contributed by atoms with Gasteiger partial charge in [0.2, 0.25) is 5.75 Å². The first kappa shape index (κ1) is 20.2. The molecule has 2 heterocycles. The Morgan fingerprint density at radius 1 is 0.893 bits per heavy atom. The van der Waals surface area contributed by atoms with E-state index in [1.54, 1.807) is 6.07 Å².